The highest BCUT2D eigenvalue weighted by Crippen LogP contribution is 2.40. The van der Waals surface area contributed by atoms with E-state index in [1.165, 1.54) is 10.8 Å². The molecule has 0 spiro atoms. The highest BCUT2D eigenvalue weighted by atomic mass is 16.6. The topological polar surface area (TPSA) is 132 Å². The number of hydrogen-bond donors (Lipinski definition) is 3. The van der Waals surface area contributed by atoms with Crippen LogP contribution in [0.2, 0.25) is 0 Å². The molecule has 1 saturated carbocycles. The summed E-state index contributed by atoms with van der Waals surface area (Å²) in [6.45, 7) is 3.80. The second-order valence-electron chi connectivity index (χ2n) is 8.87. The minimum Gasteiger partial charge on any atom is -0.463 e. The number of nitrogens with two attached hydrogens (primary N) is 1. The van der Waals surface area contributed by atoms with Gasteiger partial charge < -0.3 is 25.4 Å². The molecule has 3 heterocycles. The first kappa shape index (κ1) is 21.0. The van der Waals surface area contributed by atoms with Gasteiger partial charge in [0.05, 0.1) is 5.69 Å². The number of anilines is 1. The predicted molar refractivity (Wildman–Crippen MR) is 108 cm³/mol. The van der Waals surface area contributed by atoms with Crippen LogP contribution in [0.4, 0.5) is 5.82 Å². The molecule has 4 rings (SSSR count). The van der Waals surface area contributed by atoms with E-state index in [4.69, 9.17) is 15.2 Å². The summed E-state index contributed by atoms with van der Waals surface area (Å²) in [6.07, 6.45) is 2.80. The average Bonchev–Trinajstić information content (AvgIpc) is 3.25. The molecule has 9 nitrogen and oxygen atoms in total. The molecule has 2 aliphatic rings. The largest absolute Gasteiger partial charge is 0.463 e. The summed E-state index contributed by atoms with van der Waals surface area (Å²) in [7, 11) is 0. The van der Waals surface area contributed by atoms with Crippen LogP contribution >= 0.6 is 0 Å². The molecule has 1 saturated heterocycles. The van der Waals surface area contributed by atoms with Gasteiger partial charge in [-0.25, -0.2) is 9.50 Å². The van der Waals surface area contributed by atoms with E-state index in [0.29, 0.717) is 29.4 Å². The third kappa shape index (κ3) is 3.77. The number of carbonyl (C=O) groups is 1. The van der Waals surface area contributed by atoms with E-state index >= 15 is 0 Å². The van der Waals surface area contributed by atoms with Gasteiger partial charge in [0.25, 0.3) is 0 Å². The maximum atomic E-state index is 12.3. The Balaban J connectivity index is 1.41. The zero-order valence-corrected chi connectivity index (χ0v) is 17.4. The van der Waals surface area contributed by atoms with Crippen molar-refractivity contribution in [1.82, 2.24) is 14.6 Å². The van der Waals surface area contributed by atoms with Crippen LogP contribution in [0.3, 0.4) is 0 Å². The Labute approximate surface area is 175 Å². The van der Waals surface area contributed by atoms with Gasteiger partial charge in [-0.1, -0.05) is 19.8 Å². The lowest BCUT2D eigenvalue weighted by atomic mass is 9.81. The van der Waals surface area contributed by atoms with Crippen molar-refractivity contribution in [3.8, 4) is 0 Å². The van der Waals surface area contributed by atoms with E-state index < -0.39 is 23.9 Å². The van der Waals surface area contributed by atoms with Crippen LogP contribution in [0, 0.1) is 11.8 Å². The minimum absolute atomic E-state index is 0.115. The first-order valence-electron chi connectivity index (χ1n) is 10.6. The lowest BCUT2D eigenvalue weighted by molar-refractivity contribution is -0.153. The molecular weight excluding hydrogens is 388 g/mol. The number of aliphatic hydroxyl groups is 2. The third-order valence-electron chi connectivity index (χ3n) is 6.65. The fourth-order valence-corrected chi connectivity index (χ4v) is 4.66. The molecular formula is C21H30N4O5. The summed E-state index contributed by atoms with van der Waals surface area (Å²) in [5.74, 6) is 1.10. The standard InChI is InChI=1S/C21H30N4O5/c1-12-3-5-13(6-4-12)9-17(26)29-10-15-18(27)19(28)21(2,30-15)16-8-7-14-20(22)23-11-24-25(14)16/h7-8,11-13,15,18-19,27-28H,3-6,9-10H2,1-2H3,(H2,22,23,24)/t12?,13?,15-,18-,19-,21+/m1/s1. The zero-order chi connectivity index (χ0) is 21.5. The van der Waals surface area contributed by atoms with Crippen molar-refractivity contribution in [3.05, 3.63) is 24.2 Å². The van der Waals surface area contributed by atoms with Gasteiger partial charge in [-0.05, 0) is 43.7 Å². The van der Waals surface area contributed by atoms with Gasteiger partial charge in [-0.3, -0.25) is 4.79 Å². The number of rotatable bonds is 5. The number of nitrogen functional groups attached to an aromatic ring is 1. The zero-order valence-electron chi connectivity index (χ0n) is 17.4. The Bertz CT molecular complexity index is 910. The van der Waals surface area contributed by atoms with E-state index in [1.54, 1.807) is 19.1 Å². The van der Waals surface area contributed by atoms with Crippen molar-refractivity contribution in [3.63, 3.8) is 0 Å². The fourth-order valence-electron chi connectivity index (χ4n) is 4.66. The maximum Gasteiger partial charge on any atom is 0.306 e. The van der Waals surface area contributed by atoms with Crippen LogP contribution in [0.15, 0.2) is 18.5 Å². The Hall–Kier alpha value is -2.23. The van der Waals surface area contributed by atoms with Gasteiger partial charge in [-0.2, -0.15) is 5.10 Å². The van der Waals surface area contributed by atoms with Crippen LogP contribution < -0.4 is 5.73 Å². The Morgan fingerprint density at radius 2 is 2.07 bits per heavy atom. The van der Waals surface area contributed by atoms with Crippen LogP contribution in [0.5, 0.6) is 0 Å². The van der Waals surface area contributed by atoms with Gasteiger partial charge in [0.2, 0.25) is 0 Å². The van der Waals surface area contributed by atoms with Gasteiger partial charge in [0, 0.05) is 6.42 Å². The summed E-state index contributed by atoms with van der Waals surface area (Å²) in [5.41, 5.74) is 5.75. The first-order chi connectivity index (χ1) is 14.3. The summed E-state index contributed by atoms with van der Waals surface area (Å²) in [6, 6.07) is 3.46. The molecule has 2 aromatic heterocycles. The van der Waals surface area contributed by atoms with Crippen molar-refractivity contribution >= 4 is 17.3 Å². The molecule has 30 heavy (non-hydrogen) atoms. The SMILES string of the molecule is CC1CCC(CC(=O)OC[C@H]2O[C@@](C)(c3ccc4c(N)ncnn34)[C@H](O)[C@@H]2O)CC1. The Morgan fingerprint density at radius 1 is 1.33 bits per heavy atom. The molecule has 164 valence electrons. The van der Waals surface area contributed by atoms with Crippen LogP contribution in [-0.4, -0.2) is 55.7 Å². The van der Waals surface area contributed by atoms with Crippen LogP contribution in [0.1, 0.15) is 51.6 Å². The number of aliphatic hydroxyl groups excluding tert-OH is 2. The molecule has 2 aromatic rings. The number of hydrogen-bond acceptors (Lipinski definition) is 8. The molecule has 9 heteroatoms. The molecule has 1 aliphatic heterocycles. The number of carbonyl (C=O) groups excluding carboxylic acids is 1. The van der Waals surface area contributed by atoms with Gasteiger partial charge in [0.1, 0.15) is 42.4 Å². The third-order valence-corrected chi connectivity index (χ3v) is 6.65. The number of ether oxygens (including phenoxy) is 2. The Morgan fingerprint density at radius 3 is 2.80 bits per heavy atom. The van der Waals surface area contributed by atoms with Crippen LogP contribution in [-0.2, 0) is 19.9 Å². The molecule has 2 fully saturated rings. The smallest absolute Gasteiger partial charge is 0.306 e. The summed E-state index contributed by atoms with van der Waals surface area (Å²) < 4.78 is 13.0. The summed E-state index contributed by atoms with van der Waals surface area (Å²) >= 11 is 0. The molecule has 1 aliphatic carbocycles. The van der Waals surface area contributed by atoms with Crippen molar-refractivity contribution < 1.29 is 24.5 Å². The van der Waals surface area contributed by atoms with Crippen molar-refractivity contribution in [1.29, 1.82) is 0 Å². The van der Waals surface area contributed by atoms with E-state index in [2.05, 4.69) is 17.0 Å². The van der Waals surface area contributed by atoms with E-state index in [-0.39, 0.29) is 12.6 Å². The maximum absolute atomic E-state index is 12.3. The van der Waals surface area contributed by atoms with Gasteiger partial charge in [-0.15, -0.1) is 0 Å². The predicted octanol–water partition coefficient (Wildman–Crippen LogP) is 1.41. The second-order valence-corrected chi connectivity index (χ2v) is 8.87. The molecule has 4 N–H and O–H groups in total. The average molecular weight is 418 g/mol. The highest BCUT2D eigenvalue weighted by Gasteiger charge is 2.54. The minimum atomic E-state index is -1.25. The molecule has 4 atom stereocenters. The summed E-state index contributed by atoms with van der Waals surface area (Å²) in [4.78, 5) is 16.2. The number of aromatic nitrogens is 3. The molecule has 0 radical (unpaired) electrons. The van der Waals surface area contributed by atoms with E-state index in [9.17, 15) is 15.0 Å². The normalized spacial score (nSPS) is 34.3. The first-order valence-corrected chi connectivity index (χ1v) is 10.6. The van der Waals surface area contributed by atoms with Crippen LogP contribution in [0.25, 0.3) is 5.52 Å². The second kappa shape index (κ2) is 8.13. The molecule has 0 unspecified atom stereocenters. The molecule has 0 bridgehead atoms. The number of nitrogens with zero attached hydrogens (tertiary/aromatic N) is 3. The number of fused-ring (bicyclic) bond motifs is 1. The lowest BCUT2D eigenvalue weighted by Gasteiger charge is -2.27. The quantitative estimate of drug-likeness (QED) is 0.621. The Kier molecular flexibility index (Phi) is 5.69. The van der Waals surface area contributed by atoms with E-state index in [1.807, 2.05) is 0 Å². The lowest BCUT2D eigenvalue weighted by Crippen LogP contribution is -2.39. The van der Waals surface area contributed by atoms with Gasteiger partial charge in [0.15, 0.2) is 5.82 Å². The number of esters is 1. The molecule has 0 aromatic carbocycles. The van der Waals surface area contributed by atoms with Crippen molar-refractivity contribution in [2.75, 3.05) is 12.3 Å². The van der Waals surface area contributed by atoms with Crippen molar-refractivity contribution in [2.45, 2.75) is 69.9 Å². The molecule has 0 amide bonds. The van der Waals surface area contributed by atoms with Gasteiger partial charge >= 0.3 is 5.97 Å². The summed E-state index contributed by atoms with van der Waals surface area (Å²) in [5, 5.41) is 25.5. The van der Waals surface area contributed by atoms with Crippen molar-refractivity contribution in [2.24, 2.45) is 11.8 Å². The highest BCUT2D eigenvalue weighted by molar-refractivity contribution is 5.69. The monoisotopic (exact) mass is 418 g/mol. The van der Waals surface area contributed by atoms with E-state index in [0.717, 1.165) is 31.6 Å². The fraction of sp³-hybridized carbons (Fsp3) is 0.667.